The SMILES string of the molecule is Cn1c(-c2ccc(F)cc2)c(C2CCC(=O)N2Cc2ccccc2)c2ccccc21. The summed E-state index contributed by atoms with van der Waals surface area (Å²) in [5.41, 5.74) is 5.41. The quantitative estimate of drug-likeness (QED) is 0.423. The van der Waals surface area contributed by atoms with Crippen molar-refractivity contribution in [1.29, 1.82) is 0 Å². The van der Waals surface area contributed by atoms with E-state index in [2.05, 4.69) is 28.8 Å². The number of fused-ring (bicyclic) bond motifs is 1. The highest BCUT2D eigenvalue weighted by atomic mass is 19.1. The maximum atomic E-state index is 13.6. The predicted molar refractivity (Wildman–Crippen MR) is 117 cm³/mol. The summed E-state index contributed by atoms with van der Waals surface area (Å²) in [6.45, 7) is 0.594. The van der Waals surface area contributed by atoms with Crippen LogP contribution in [0.2, 0.25) is 0 Å². The molecule has 1 unspecified atom stereocenters. The molecule has 3 nitrogen and oxygen atoms in total. The number of carbonyl (C=O) groups is 1. The van der Waals surface area contributed by atoms with Gasteiger partial charge in [-0.3, -0.25) is 4.79 Å². The van der Waals surface area contributed by atoms with Gasteiger partial charge in [-0.2, -0.15) is 0 Å². The van der Waals surface area contributed by atoms with Crippen LogP contribution in [0.3, 0.4) is 0 Å². The van der Waals surface area contributed by atoms with Crippen LogP contribution in [0.15, 0.2) is 78.9 Å². The largest absolute Gasteiger partial charge is 0.343 e. The average Bonchev–Trinajstić information content (AvgIpc) is 3.27. The zero-order valence-corrected chi connectivity index (χ0v) is 16.9. The molecular weight excluding hydrogens is 375 g/mol. The molecule has 3 aromatic carbocycles. The number of carbonyl (C=O) groups excluding carboxylic acids is 1. The molecule has 4 aromatic rings. The average molecular weight is 398 g/mol. The molecule has 0 saturated carbocycles. The Hall–Kier alpha value is -3.40. The maximum Gasteiger partial charge on any atom is 0.223 e. The number of halogens is 1. The molecule has 1 aromatic heterocycles. The monoisotopic (exact) mass is 398 g/mol. The minimum Gasteiger partial charge on any atom is -0.343 e. The number of likely N-dealkylation sites (tertiary alicyclic amines) is 1. The summed E-state index contributed by atoms with van der Waals surface area (Å²) in [6.07, 6.45) is 1.33. The molecule has 1 aliphatic rings. The highest BCUT2D eigenvalue weighted by Crippen LogP contribution is 2.44. The molecule has 1 saturated heterocycles. The second-order valence-electron chi connectivity index (χ2n) is 7.91. The van der Waals surface area contributed by atoms with E-state index < -0.39 is 0 Å². The van der Waals surface area contributed by atoms with Crippen molar-refractivity contribution in [1.82, 2.24) is 9.47 Å². The summed E-state index contributed by atoms with van der Waals surface area (Å²) in [5, 5.41) is 1.15. The van der Waals surface area contributed by atoms with Crippen LogP contribution in [0.4, 0.5) is 4.39 Å². The summed E-state index contributed by atoms with van der Waals surface area (Å²) in [4.78, 5) is 14.9. The van der Waals surface area contributed by atoms with Crippen LogP contribution in [-0.4, -0.2) is 15.4 Å². The Morgan fingerprint density at radius 2 is 1.63 bits per heavy atom. The lowest BCUT2D eigenvalue weighted by molar-refractivity contribution is -0.129. The predicted octanol–water partition coefficient (Wildman–Crippen LogP) is 5.85. The van der Waals surface area contributed by atoms with Crippen molar-refractivity contribution in [2.24, 2.45) is 7.05 Å². The number of rotatable bonds is 4. The van der Waals surface area contributed by atoms with Crippen LogP contribution in [-0.2, 0) is 18.4 Å². The van der Waals surface area contributed by atoms with Crippen molar-refractivity contribution in [2.75, 3.05) is 0 Å². The highest BCUT2D eigenvalue weighted by molar-refractivity contribution is 5.93. The number of nitrogens with zero attached hydrogens (tertiary/aromatic N) is 2. The lowest BCUT2D eigenvalue weighted by atomic mass is 9.96. The molecule has 0 spiro atoms. The Bertz CT molecular complexity index is 1210. The maximum absolute atomic E-state index is 13.6. The Morgan fingerprint density at radius 3 is 2.40 bits per heavy atom. The first-order valence-corrected chi connectivity index (χ1v) is 10.3. The molecule has 2 heterocycles. The van der Waals surface area contributed by atoms with E-state index in [4.69, 9.17) is 0 Å². The van der Waals surface area contributed by atoms with E-state index in [1.165, 1.54) is 12.1 Å². The highest BCUT2D eigenvalue weighted by Gasteiger charge is 2.36. The van der Waals surface area contributed by atoms with Crippen LogP contribution < -0.4 is 0 Å². The minimum atomic E-state index is -0.249. The van der Waals surface area contributed by atoms with Crippen molar-refractivity contribution < 1.29 is 9.18 Å². The molecule has 5 rings (SSSR count). The normalized spacial score (nSPS) is 16.5. The number of hydrogen-bond donors (Lipinski definition) is 0. The van der Waals surface area contributed by atoms with Crippen LogP contribution in [0, 0.1) is 5.82 Å². The second-order valence-corrected chi connectivity index (χ2v) is 7.91. The van der Waals surface area contributed by atoms with E-state index >= 15 is 0 Å². The molecule has 150 valence electrons. The number of aromatic nitrogens is 1. The van der Waals surface area contributed by atoms with Gasteiger partial charge in [0.2, 0.25) is 5.91 Å². The van der Waals surface area contributed by atoms with Gasteiger partial charge in [0.1, 0.15) is 5.82 Å². The molecule has 0 bridgehead atoms. The molecule has 1 atom stereocenters. The Labute approximate surface area is 175 Å². The van der Waals surface area contributed by atoms with Gasteiger partial charge in [0.15, 0.2) is 0 Å². The van der Waals surface area contributed by atoms with Crippen LogP contribution in [0.5, 0.6) is 0 Å². The van der Waals surface area contributed by atoms with E-state index in [-0.39, 0.29) is 17.8 Å². The van der Waals surface area contributed by atoms with Gasteiger partial charge in [0.05, 0.1) is 11.7 Å². The van der Waals surface area contributed by atoms with Crippen LogP contribution in [0.25, 0.3) is 22.2 Å². The van der Waals surface area contributed by atoms with Crippen LogP contribution in [0.1, 0.15) is 30.0 Å². The van der Waals surface area contributed by atoms with Crippen molar-refractivity contribution >= 4 is 16.8 Å². The molecule has 30 heavy (non-hydrogen) atoms. The summed E-state index contributed by atoms with van der Waals surface area (Å²) < 4.78 is 15.8. The third-order valence-electron chi connectivity index (χ3n) is 6.12. The first kappa shape index (κ1) is 18.6. The van der Waals surface area contributed by atoms with E-state index in [0.29, 0.717) is 13.0 Å². The van der Waals surface area contributed by atoms with Gasteiger partial charge in [0, 0.05) is 36.5 Å². The fourth-order valence-electron chi connectivity index (χ4n) is 4.73. The van der Waals surface area contributed by atoms with Crippen molar-refractivity contribution in [3.63, 3.8) is 0 Å². The molecule has 0 aliphatic carbocycles. The lowest BCUT2D eigenvalue weighted by Crippen LogP contribution is -2.27. The summed E-state index contributed by atoms with van der Waals surface area (Å²) in [5.74, 6) is -0.0670. The standard InChI is InChI=1S/C26H23FN2O/c1-28-22-10-6-5-9-21(22)25(26(28)19-11-13-20(27)14-12-19)23-15-16-24(30)29(23)17-18-7-3-2-4-8-18/h2-14,23H,15-17H2,1H3. The minimum absolute atomic E-state index is 0.0103. The number of para-hydroxylation sites is 1. The van der Waals surface area contributed by atoms with Crippen molar-refractivity contribution in [3.05, 3.63) is 95.8 Å². The molecular formula is C26H23FN2O. The third kappa shape index (κ3) is 3.09. The van der Waals surface area contributed by atoms with E-state index in [9.17, 15) is 9.18 Å². The number of aryl methyl sites for hydroxylation is 1. The van der Waals surface area contributed by atoms with E-state index in [0.717, 1.165) is 39.7 Å². The molecule has 0 radical (unpaired) electrons. The van der Waals surface area contributed by atoms with Gasteiger partial charge in [-0.15, -0.1) is 0 Å². The molecule has 1 fully saturated rings. The zero-order chi connectivity index (χ0) is 20.7. The number of amides is 1. The van der Waals surface area contributed by atoms with Gasteiger partial charge in [0.25, 0.3) is 0 Å². The molecule has 4 heteroatoms. The number of hydrogen-bond acceptors (Lipinski definition) is 1. The lowest BCUT2D eigenvalue weighted by Gasteiger charge is -2.26. The van der Waals surface area contributed by atoms with Crippen molar-refractivity contribution in [2.45, 2.75) is 25.4 Å². The zero-order valence-electron chi connectivity index (χ0n) is 16.9. The van der Waals surface area contributed by atoms with Gasteiger partial charge in [-0.05, 0) is 47.9 Å². The van der Waals surface area contributed by atoms with E-state index in [1.807, 2.05) is 54.4 Å². The van der Waals surface area contributed by atoms with Gasteiger partial charge in [-0.1, -0.05) is 48.5 Å². The second kappa shape index (κ2) is 7.45. The van der Waals surface area contributed by atoms with Gasteiger partial charge >= 0.3 is 0 Å². The molecule has 1 aliphatic heterocycles. The molecule has 0 N–H and O–H groups in total. The molecule has 1 amide bonds. The van der Waals surface area contributed by atoms with E-state index in [1.54, 1.807) is 0 Å². The third-order valence-corrected chi connectivity index (χ3v) is 6.12. The Morgan fingerprint density at radius 1 is 0.933 bits per heavy atom. The fourth-order valence-corrected chi connectivity index (χ4v) is 4.73. The first-order chi connectivity index (χ1) is 14.6. The first-order valence-electron chi connectivity index (χ1n) is 10.3. The summed E-state index contributed by atoms with van der Waals surface area (Å²) in [6, 6.07) is 25.1. The smallest absolute Gasteiger partial charge is 0.223 e. The number of benzene rings is 3. The summed E-state index contributed by atoms with van der Waals surface area (Å²) >= 11 is 0. The van der Waals surface area contributed by atoms with Gasteiger partial charge in [-0.25, -0.2) is 4.39 Å². The van der Waals surface area contributed by atoms with Crippen molar-refractivity contribution in [3.8, 4) is 11.3 Å². The van der Waals surface area contributed by atoms with Gasteiger partial charge < -0.3 is 9.47 Å². The Balaban J connectivity index is 1.68. The topological polar surface area (TPSA) is 25.2 Å². The fraction of sp³-hybridized carbons (Fsp3) is 0.192. The Kier molecular flexibility index (Phi) is 4.62. The summed E-state index contributed by atoms with van der Waals surface area (Å²) in [7, 11) is 2.04. The van der Waals surface area contributed by atoms with Crippen LogP contribution >= 0.6 is 0 Å².